The molecule has 0 bridgehead atoms. The quantitative estimate of drug-likeness (QED) is 0.650. The zero-order valence-corrected chi connectivity index (χ0v) is 14.2. The third-order valence-corrected chi connectivity index (χ3v) is 4.04. The first-order valence-corrected chi connectivity index (χ1v) is 7.42. The van der Waals surface area contributed by atoms with Crippen molar-refractivity contribution in [1.29, 1.82) is 0 Å². The molecule has 1 fully saturated rings. The molecule has 1 aliphatic heterocycles. The van der Waals surface area contributed by atoms with E-state index in [0.717, 1.165) is 19.4 Å². The van der Waals surface area contributed by atoms with Gasteiger partial charge in [0.15, 0.2) is 0 Å². The summed E-state index contributed by atoms with van der Waals surface area (Å²) in [6.45, 7) is 1.59. The lowest BCUT2D eigenvalue weighted by Crippen LogP contribution is -2.49. The van der Waals surface area contributed by atoms with Crippen molar-refractivity contribution in [1.82, 2.24) is 10.2 Å². The number of halogens is 1. The van der Waals surface area contributed by atoms with Crippen molar-refractivity contribution < 1.29 is 9.72 Å². The summed E-state index contributed by atoms with van der Waals surface area (Å²) in [4.78, 5) is 26.5. The fraction of sp³-hybridized carbons (Fsp3) is 0.533. The number of amides is 1. The van der Waals surface area contributed by atoms with Gasteiger partial charge in [-0.3, -0.25) is 14.9 Å². The molecule has 128 valence electrons. The number of nitrogens with zero attached hydrogens (tertiary/aromatic N) is 3. The third kappa shape index (κ3) is 4.80. The van der Waals surface area contributed by atoms with Crippen LogP contribution in [0.5, 0.6) is 0 Å². The predicted molar refractivity (Wildman–Crippen MR) is 92.3 cm³/mol. The minimum absolute atomic E-state index is 0. The highest BCUT2D eigenvalue weighted by atomic mass is 35.5. The van der Waals surface area contributed by atoms with Crippen LogP contribution in [0.1, 0.15) is 12.8 Å². The van der Waals surface area contributed by atoms with Gasteiger partial charge in [0.1, 0.15) is 5.69 Å². The Morgan fingerprint density at radius 2 is 2.17 bits per heavy atom. The highest BCUT2D eigenvalue weighted by molar-refractivity contribution is 5.85. The first-order chi connectivity index (χ1) is 10.5. The van der Waals surface area contributed by atoms with Gasteiger partial charge in [-0.25, -0.2) is 0 Å². The number of nitro groups is 1. The fourth-order valence-electron chi connectivity index (χ4n) is 2.77. The Hall–Kier alpha value is -1.86. The van der Waals surface area contributed by atoms with Crippen LogP contribution in [0.2, 0.25) is 0 Å². The topological polar surface area (TPSA) is 78.7 Å². The van der Waals surface area contributed by atoms with E-state index in [-0.39, 0.29) is 30.5 Å². The molecule has 7 nitrogen and oxygen atoms in total. The smallest absolute Gasteiger partial charge is 0.292 e. The number of likely N-dealkylation sites (tertiary alicyclic amines) is 1. The number of para-hydroxylation sites is 2. The van der Waals surface area contributed by atoms with Gasteiger partial charge in [-0.2, -0.15) is 0 Å². The second-order valence-corrected chi connectivity index (χ2v) is 5.57. The molecule has 1 aromatic carbocycles. The van der Waals surface area contributed by atoms with Gasteiger partial charge in [-0.15, -0.1) is 12.4 Å². The van der Waals surface area contributed by atoms with Gasteiger partial charge in [0.25, 0.3) is 5.69 Å². The van der Waals surface area contributed by atoms with E-state index in [1.165, 1.54) is 6.07 Å². The van der Waals surface area contributed by atoms with Crippen LogP contribution in [-0.4, -0.2) is 55.5 Å². The molecule has 1 heterocycles. The van der Waals surface area contributed by atoms with Crippen molar-refractivity contribution in [3.63, 3.8) is 0 Å². The Morgan fingerprint density at radius 3 is 2.83 bits per heavy atom. The lowest BCUT2D eigenvalue weighted by Gasteiger charge is -2.33. The first kappa shape index (κ1) is 19.2. The summed E-state index contributed by atoms with van der Waals surface area (Å²) in [6.07, 6.45) is 2.05. The van der Waals surface area contributed by atoms with Crippen LogP contribution in [-0.2, 0) is 4.79 Å². The number of carbonyl (C=O) groups excluding carboxylic acids is 1. The van der Waals surface area contributed by atoms with Gasteiger partial charge in [0.05, 0.1) is 11.5 Å². The third-order valence-electron chi connectivity index (χ3n) is 4.04. The molecular formula is C15H23ClN4O3. The number of benzene rings is 1. The maximum Gasteiger partial charge on any atom is 0.292 e. The zero-order valence-electron chi connectivity index (χ0n) is 13.4. The highest BCUT2D eigenvalue weighted by Gasteiger charge is 2.25. The van der Waals surface area contributed by atoms with E-state index in [2.05, 4.69) is 5.32 Å². The zero-order chi connectivity index (χ0) is 16.1. The number of nitrogens with one attached hydrogen (secondary N) is 1. The second kappa shape index (κ2) is 8.69. The number of anilines is 1. The van der Waals surface area contributed by atoms with Crippen LogP contribution in [0.25, 0.3) is 0 Å². The molecule has 1 N–H and O–H groups in total. The van der Waals surface area contributed by atoms with Gasteiger partial charge in [0.2, 0.25) is 5.91 Å². The van der Waals surface area contributed by atoms with Gasteiger partial charge in [-0.05, 0) is 26.0 Å². The van der Waals surface area contributed by atoms with E-state index >= 15 is 0 Å². The van der Waals surface area contributed by atoms with Crippen molar-refractivity contribution in [2.24, 2.45) is 0 Å². The lowest BCUT2D eigenvalue weighted by molar-refractivity contribution is -0.384. The van der Waals surface area contributed by atoms with Gasteiger partial charge in [0, 0.05) is 32.2 Å². The molecule has 8 heteroatoms. The van der Waals surface area contributed by atoms with Crippen molar-refractivity contribution in [3.8, 4) is 0 Å². The molecule has 23 heavy (non-hydrogen) atoms. The average Bonchev–Trinajstić information content (AvgIpc) is 2.54. The summed E-state index contributed by atoms with van der Waals surface area (Å²) in [5, 5.41) is 14.3. The minimum atomic E-state index is -0.422. The Balaban J connectivity index is 0.00000264. The van der Waals surface area contributed by atoms with E-state index in [1.807, 2.05) is 11.9 Å². The van der Waals surface area contributed by atoms with Crippen molar-refractivity contribution in [3.05, 3.63) is 34.4 Å². The molecule has 0 aliphatic carbocycles. The lowest BCUT2D eigenvalue weighted by atomic mass is 10.1. The molecule has 1 unspecified atom stereocenters. The molecule has 1 amide bonds. The molecule has 1 aliphatic rings. The number of rotatable bonds is 5. The first-order valence-electron chi connectivity index (χ1n) is 7.42. The second-order valence-electron chi connectivity index (χ2n) is 5.57. The Kier molecular flexibility index (Phi) is 7.25. The van der Waals surface area contributed by atoms with E-state index in [9.17, 15) is 14.9 Å². The molecular weight excluding hydrogens is 320 g/mol. The maximum atomic E-state index is 12.4. The minimum Gasteiger partial charge on any atom is -0.360 e. The Bertz CT molecular complexity index is 555. The molecule has 0 saturated carbocycles. The van der Waals surface area contributed by atoms with Crippen LogP contribution in [0.4, 0.5) is 11.4 Å². The number of hydrogen-bond donors (Lipinski definition) is 1. The Morgan fingerprint density at radius 1 is 1.48 bits per heavy atom. The maximum absolute atomic E-state index is 12.4. The van der Waals surface area contributed by atoms with Gasteiger partial charge < -0.3 is 15.1 Å². The number of carbonyl (C=O) groups is 1. The monoisotopic (exact) mass is 342 g/mol. The van der Waals surface area contributed by atoms with Gasteiger partial charge in [-0.1, -0.05) is 12.1 Å². The molecule has 1 aromatic rings. The average molecular weight is 343 g/mol. The van der Waals surface area contributed by atoms with Crippen LogP contribution in [0, 0.1) is 10.1 Å². The van der Waals surface area contributed by atoms with E-state index in [1.54, 1.807) is 30.1 Å². The van der Waals surface area contributed by atoms with Crippen molar-refractivity contribution in [2.75, 3.05) is 38.6 Å². The van der Waals surface area contributed by atoms with E-state index < -0.39 is 4.92 Å². The summed E-state index contributed by atoms with van der Waals surface area (Å²) in [7, 11) is 3.61. The normalized spacial score (nSPS) is 17.3. The SMILES string of the molecule is CNC1CCCN(C(=O)CN(C)c2ccccc2[N+](=O)[O-])C1.Cl. The molecule has 0 radical (unpaired) electrons. The number of piperidine rings is 1. The van der Waals surface area contributed by atoms with Crippen LogP contribution < -0.4 is 10.2 Å². The largest absolute Gasteiger partial charge is 0.360 e. The standard InChI is InChI=1S/C15H22N4O3.ClH/c1-16-12-6-5-9-18(10-12)15(20)11-17(2)13-7-3-4-8-14(13)19(21)22;/h3-4,7-8,12,16H,5-6,9-11H2,1-2H3;1H. The van der Waals surface area contributed by atoms with E-state index in [4.69, 9.17) is 0 Å². The van der Waals surface area contributed by atoms with Crippen LogP contribution in [0.3, 0.4) is 0 Å². The molecule has 0 spiro atoms. The summed E-state index contributed by atoms with van der Waals surface area (Å²) >= 11 is 0. The molecule has 0 aromatic heterocycles. The fourth-order valence-corrected chi connectivity index (χ4v) is 2.77. The van der Waals surface area contributed by atoms with E-state index in [0.29, 0.717) is 18.3 Å². The summed E-state index contributed by atoms with van der Waals surface area (Å²) in [5.74, 6) is 0.000557. The summed E-state index contributed by atoms with van der Waals surface area (Å²) in [6, 6.07) is 6.81. The number of hydrogen-bond acceptors (Lipinski definition) is 5. The van der Waals surface area contributed by atoms with Crippen LogP contribution >= 0.6 is 12.4 Å². The van der Waals surface area contributed by atoms with Crippen LogP contribution in [0.15, 0.2) is 24.3 Å². The highest BCUT2D eigenvalue weighted by Crippen LogP contribution is 2.26. The van der Waals surface area contributed by atoms with Crippen molar-refractivity contribution in [2.45, 2.75) is 18.9 Å². The number of likely N-dealkylation sites (N-methyl/N-ethyl adjacent to an activating group) is 2. The summed E-state index contributed by atoms with van der Waals surface area (Å²) in [5.41, 5.74) is 0.479. The van der Waals surface area contributed by atoms with Crippen molar-refractivity contribution >= 4 is 29.7 Å². The van der Waals surface area contributed by atoms with Gasteiger partial charge >= 0.3 is 0 Å². The predicted octanol–water partition coefficient (Wildman–Crippen LogP) is 1.66. The number of nitro benzene ring substituents is 1. The molecule has 2 rings (SSSR count). The molecule has 1 saturated heterocycles. The molecule has 1 atom stereocenters. The summed E-state index contributed by atoms with van der Waals surface area (Å²) < 4.78 is 0. The Labute approximate surface area is 142 Å².